The van der Waals surface area contributed by atoms with Gasteiger partial charge in [0.25, 0.3) is 0 Å². The van der Waals surface area contributed by atoms with Gasteiger partial charge in [-0.15, -0.1) is 10.2 Å². The second-order valence-electron chi connectivity index (χ2n) is 16.7. The molecule has 290 valence electrons. The number of fused-ring (bicyclic) bond motifs is 2. The lowest BCUT2D eigenvalue weighted by atomic mass is 9.85. The van der Waals surface area contributed by atoms with Crippen molar-refractivity contribution < 1.29 is 9.53 Å². The van der Waals surface area contributed by atoms with Crippen molar-refractivity contribution in [1.29, 1.82) is 0 Å². The lowest BCUT2D eigenvalue weighted by Gasteiger charge is -2.33. The lowest BCUT2D eigenvalue weighted by molar-refractivity contribution is 0.155. The number of piperidine rings is 1. The number of urea groups is 1. The third-order valence-electron chi connectivity index (χ3n) is 11.6. The number of carbonyl (C=O) groups is 1. The summed E-state index contributed by atoms with van der Waals surface area (Å²) in [5.41, 5.74) is 5.88. The summed E-state index contributed by atoms with van der Waals surface area (Å²) in [5, 5.41) is 20.5. The number of hydrogen-bond donors (Lipinski definition) is 2. The Morgan fingerprint density at radius 2 is 1.71 bits per heavy atom. The molecule has 0 radical (unpaired) electrons. The molecule has 5 heterocycles. The highest BCUT2D eigenvalue weighted by atomic mass is 16.5. The molecule has 1 aliphatic carbocycles. The molecule has 12 heteroatoms. The molecular weight excluding hydrogens is 689 g/mol. The Labute approximate surface area is 324 Å². The van der Waals surface area contributed by atoms with Crippen molar-refractivity contribution in [2.45, 2.75) is 89.8 Å². The van der Waals surface area contributed by atoms with Crippen molar-refractivity contribution >= 4 is 23.4 Å². The average molecular weight is 745 g/mol. The third kappa shape index (κ3) is 8.21. The second kappa shape index (κ2) is 15.7. The molecule has 2 saturated heterocycles. The molecule has 8 rings (SSSR count). The Balaban J connectivity index is 0.967. The van der Waals surface area contributed by atoms with E-state index in [1.165, 1.54) is 12.0 Å². The SMILES string of the molecule is C[C@H]1CCCCN1c1nnc2ccc(O[C@@H]3CC[C@H](NC(=O)Nc4cc(C(C)(C)C)nn4-c4cccc(CCN5CCN(C)CC5)c4)c4ccccc43)cn12. The van der Waals surface area contributed by atoms with Crippen LogP contribution in [0, 0.1) is 0 Å². The number of amides is 2. The average Bonchev–Trinajstić information content (AvgIpc) is 3.80. The van der Waals surface area contributed by atoms with Gasteiger partial charge in [0.1, 0.15) is 17.7 Å². The Morgan fingerprint density at radius 3 is 2.51 bits per heavy atom. The topological polar surface area (TPSA) is 108 Å². The molecule has 2 aromatic carbocycles. The van der Waals surface area contributed by atoms with E-state index < -0.39 is 0 Å². The van der Waals surface area contributed by atoms with Crippen molar-refractivity contribution in [3.8, 4) is 11.4 Å². The summed E-state index contributed by atoms with van der Waals surface area (Å²) < 4.78 is 10.6. The van der Waals surface area contributed by atoms with Gasteiger partial charge in [0.15, 0.2) is 5.65 Å². The molecule has 3 aliphatic rings. The van der Waals surface area contributed by atoms with E-state index in [-0.39, 0.29) is 23.6 Å². The minimum absolute atomic E-state index is 0.150. The van der Waals surface area contributed by atoms with E-state index in [9.17, 15) is 4.79 Å². The predicted molar refractivity (Wildman–Crippen MR) is 217 cm³/mol. The fraction of sp³-hybridized carbons (Fsp3) is 0.488. The van der Waals surface area contributed by atoms with E-state index in [0.717, 1.165) is 111 Å². The summed E-state index contributed by atoms with van der Waals surface area (Å²) in [6.45, 7) is 15.1. The van der Waals surface area contributed by atoms with Crippen LogP contribution in [0.3, 0.4) is 0 Å². The second-order valence-corrected chi connectivity index (χ2v) is 16.7. The van der Waals surface area contributed by atoms with Gasteiger partial charge in [0.05, 0.1) is 23.6 Å². The normalized spacial score (nSPS) is 21.0. The molecule has 3 atom stereocenters. The number of likely N-dealkylation sites (N-methyl/N-ethyl adjacent to an activating group) is 1. The number of nitrogens with one attached hydrogen (secondary N) is 2. The maximum Gasteiger partial charge on any atom is 0.320 e. The summed E-state index contributed by atoms with van der Waals surface area (Å²) in [7, 11) is 2.19. The molecule has 12 nitrogen and oxygen atoms in total. The first-order valence-electron chi connectivity index (χ1n) is 20.1. The fourth-order valence-corrected chi connectivity index (χ4v) is 8.25. The van der Waals surface area contributed by atoms with Crippen molar-refractivity contribution in [3.05, 3.63) is 95.3 Å². The minimum atomic E-state index is -0.260. The van der Waals surface area contributed by atoms with Crippen molar-refractivity contribution in [1.82, 2.24) is 39.5 Å². The number of anilines is 2. The van der Waals surface area contributed by atoms with E-state index in [2.05, 4.69) is 111 Å². The molecule has 5 aromatic rings. The molecule has 2 aliphatic heterocycles. The first-order chi connectivity index (χ1) is 26.6. The smallest absolute Gasteiger partial charge is 0.320 e. The number of hydrogen-bond acceptors (Lipinski definition) is 8. The molecule has 0 saturated carbocycles. The fourth-order valence-electron chi connectivity index (χ4n) is 8.25. The minimum Gasteiger partial charge on any atom is -0.484 e. The van der Waals surface area contributed by atoms with Crippen LogP contribution in [0.5, 0.6) is 5.75 Å². The van der Waals surface area contributed by atoms with Gasteiger partial charge in [-0.25, -0.2) is 9.48 Å². The first-order valence-corrected chi connectivity index (χ1v) is 20.1. The predicted octanol–water partition coefficient (Wildman–Crippen LogP) is 7.16. The zero-order chi connectivity index (χ0) is 38.1. The number of pyridine rings is 1. The van der Waals surface area contributed by atoms with Gasteiger partial charge in [0.2, 0.25) is 5.95 Å². The standard InChI is InChI=1S/C43H56N10O2/c1-30-11-8-9-21-51(30)42-47-46-39-19-16-33(29-52(39)42)55-37-18-17-36(34-14-6-7-15-35(34)37)44-41(54)45-40-28-38(43(2,3)4)48-53(40)32-13-10-12-31(27-32)20-22-50-25-23-49(5)24-26-50/h6-7,10,12-16,19,27-30,36-37H,8-9,11,17-18,20-26H2,1-5H3,(H2,44,45,54)/t30-,36-,37+/m0/s1. The van der Waals surface area contributed by atoms with Gasteiger partial charge in [0, 0.05) is 56.8 Å². The van der Waals surface area contributed by atoms with E-state index in [4.69, 9.17) is 9.84 Å². The molecular formula is C43H56N10O2. The maximum atomic E-state index is 13.8. The molecule has 2 amide bonds. The third-order valence-corrected chi connectivity index (χ3v) is 11.6. The molecule has 2 fully saturated rings. The van der Waals surface area contributed by atoms with Crippen LogP contribution in [0.4, 0.5) is 16.6 Å². The van der Waals surface area contributed by atoms with E-state index in [1.54, 1.807) is 0 Å². The van der Waals surface area contributed by atoms with Crippen molar-refractivity contribution in [3.63, 3.8) is 0 Å². The van der Waals surface area contributed by atoms with Crippen LogP contribution in [0.2, 0.25) is 0 Å². The van der Waals surface area contributed by atoms with Crippen LogP contribution >= 0.6 is 0 Å². The largest absolute Gasteiger partial charge is 0.484 e. The van der Waals surface area contributed by atoms with Gasteiger partial charge in [-0.3, -0.25) is 9.72 Å². The van der Waals surface area contributed by atoms with Crippen LogP contribution in [0.1, 0.15) is 94.3 Å². The van der Waals surface area contributed by atoms with Crippen molar-refractivity contribution in [2.75, 3.05) is 56.5 Å². The summed E-state index contributed by atoms with van der Waals surface area (Å²) in [6, 6.07) is 22.8. The molecule has 3 aromatic heterocycles. The highest BCUT2D eigenvalue weighted by Gasteiger charge is 2.31. The molecule has 0 spiro atoms. The monoisotopic (exact) mass is 744 g/mol. The van der Waals surface area contributed by atoms with Crippen LogP contribution in [-0.4, -0.2) is 92.6 Å². The summed E-state index contributed by atoms with van der Waals surface area (Å²) >= 11 is 0. The number of benzene rings is 2. The molecule has 0 unspecified atom stereocenters. The number of ether oxygens (including phenoxy) is 1. The van der Waals surface area contributed by atoms with Crippen LogP contribution in [0.15, 0.2) is 72.9 Å². The van der Waals surface area contributed by atoms with Gasteiger partial charge >= 0.3 is 6.03 Å². The number of piperazine rings is 1. The molecule has 55 heavy (non-hydrogen) atoms. The van der Waals surface area contributed by atoms with Gasteiger partial charge in [-0.1, -0.05) is 57.2 Å². The van der Waals surface area contributed by atoms with E-state index in [0.29, 0.717) is 11.9 Å². The number of rotatable bonds is 9. The van der Waals surface area contributed by atoms with E-state index in [1.807, 2.05) is 41.2 Å². The highest BCUT2D eigenvalue weighted by molar-refractivity contribution is 5.89. The van der Waals surface area contributed by atoms with Gasteiger partial charge < -0.3 is 24.8 Å². The van der Waals surface area contributed by atoms with Crippen LogP contribution in [0.25, 0.3) is 11.3 Å². The lowest BCUT2D eigenvalue weighted by Crippen LogP contribution is -2.45. The maximum absolute atomic E-state index is 13.8. The Kier molecular flexibility index (Phi) is 10.5. The summed E-state index contributed by atoms with van der Waals surface area (Å²) in [6.07, 6.45) is 7.89. The number of aromatic nitrogens is 5. The van der Waals surface area contributed by atoms with Crippen LogP contribution in [-0.2, 0) is 11.8 Å². The highest BCUT2D eigenvalue weighted by Crippen LogP contribution is 2.39. The first kappa shape index (κ1) is 37.0. The quantitative estimate of drug-likeness (QED) is 0.164. The number of nitrogens with zero attached hydrogens (tertiary/aromatic N) is 8. The number of carbonyl (C=O) groups excluding carboxylic acids is 1. The van der Waals surface area contributed by atoms with Gasteiger partial charge in [-0.2, -0.15) is 5.10 Å². The molecule has 2 N–H and O–H groups in total. The van der Waals surface area contributed by atoms with Gasteiger partial charge in [-0.05, 0) is 93.5 Å². The zero-order valence-corrected chi connectivity index (χ0v) is 33.0. The summed E-state index contributed by atoms with van der Waals surface area (Å²) in [5.74, 6) is 2.29. The van der Waals surface area contributed by atoms with Crippen LogP contribution < -0.4 is 20.3 Å². The Hall–Kier alpha value is -4.94. The van der Waals surface area contributed by atoms with Crippen molar-refractivity contribution in [2.24, 2.45) is 0 Å². The Morgan fingerprint density at radius 1 is 0.891 bits per heavy atom. The Bertz CT molecular complexity index is 2110. The zero-order valence-electron chi connectivity index (χ0n) is 33.0. The molecule has 0 bridgehead atoms. The van der Waals surface area contributed by atoms with E-state index >= 15 is 0 Å². The summed E-state index contributed by atoms with van der Waals surface area (Å²) in [4.78, 5) is 21.1.